The van der Waals surface area contributed by atoms with Gasteiger partial charge in [-0.15, -0.1) is 23.4 Å². The fourth-order valence-corrected chi connectivity index (χ4v) is 4.45. The smallest absolute Gasteiger partial charge is 0.424 e. The van der Waals surface area contributed by atoms with Crippen LogP contribution in [-0.2, 0) is 21.4 Å². The molecule has 7 nitrogen and oxygen atoms in total. The molecule has 2 fully saturated rings. The Balaban J connectivity index is 1.26. The molecule has 0 radical (unpaired) electrons. The van der Waals surface area contributed by atoms with Crippen LogP contribution in [0.3, 0.4) is 0 Å². The van der Waals surface area contributed by atoms with Crippen LogP contribution in [0.2, 0.25) is 5.02 Å². The predicted molar refractivity (Wildman–Crippen MR) is 112 cm³/mol. The van der Waals surface area contributed by atoms with Gasteiger partial charge in [0.15, 0.2) is 0 Å². The van der Waals surface area contributed by atoms with E-state index in [0.717, 1.165) is 24.8 Å². The molecular weight excluding hydrogens is 463 g/mol. The van der Waals surface area contributed by atoms with E-state index >= 15 is 0 Å². The number of carbonyl (C=O) groups excluding carboxylic acids is 1. The van der Waals surface area contributed by atoms with Crippen molar-refractivity contribution in [2.45, 2.75) is 74.8 Å². The van der Waals surface area contributed by atoms with Crippen molar-refractivity contribution < 1.29 is 32.2 Å². The maximum absolute atomic E-state index is 12.3. The monoisotopic (exact) mass is 487 g/mol. The highest BCUT2D eigenvalue weighted by Gasteiger charge is 2.46. The first kappa shape index (κ1) is 24.0. The van der Waals surface area contributed by atoms with Gasteiger partial charge in [0.25, 0.3) is 0 Å². The number of aromatic nitrogens is 2. The molecule has 0 unspecified atom stereocenters. The predicted octanol–water partition coefficient (Wildman–Crippen LogP) is 4.04. The number of ether oxygens (including phenoxy) is 1. The molecule has 1 atom stereocenters. The van der Waals surface area contributed by atoms with Gasteiger partial charge in [-0.3, -0.25) is 9.53 Å². The van der Waals surface area contributed by atoms with Crippen molar-refractivity contribution in [1.29, 1.82) is 0 Å². The SMILES string of the molecule is O=C(NCCC1(c2nnc([C@H]3C[C@@H](OC(F)(F)F)C3)o2)CCC1)[C@H](O)Cc1ccc(Cl)cc1. The molecule has 0 saturated heterocycles. The fraction of sp³-hybridized carbons (Fsp3) is 0.591. The average Bonchev–Trinajstić information content (AvgIpc) is 3.17. The molecule has 4 rings (SSSR count). The number of halogens is 4. The molecule has 2 saturated carbocycles. The van der Waals surface area contributed by atoms with Crippen LogP contribution in [0, 0.1) is 0 Å². The minimum atomic E-state index is -4.64. The van der Waals surface area contributed by atoms with Crippen molar-refractivity contribution in [3.63, 3.8) is 0 Å². The first-order chi connectivity index (χ1) is 15.6. The van der Waals surface area contributed by atoms with Gasteiger partial charge in [0.05, 0.1) is 11.5 Å². The quantitative estimate of drug-likeness (QED) is 0.554. The lowest BCUT2D eigenvalue weighted by Gasteiger charge is -2.39. The van der Waals surface area contributed by atoms with Gasteiger partial charge in [0.1, 0.15) is 6.10 Å². The maximum Gasteiger partial charge on any atom is 0.522 e. The Labute approximate surface area is 193 Å². The number of alkyl halides is 3. The lowest BCUT2D eigenvalue weighted by Crippen LogP contribution is -2.41. The Morgan fingerprint density at radius 3 is 2.58 bits per heavy atom. The van der Waals surface area contributed by atoms with Crippen LogP contribution in [0.15, 0.2) is 28.7 Å². The summed E-state index contributed by atoms with van der Waals surface area (Å²) in [5.74, 6) is 0.0925. The Kier molecular flexibility index (Phi) is 6.97. The Morgan fingerprint density at radius 2 is 1.97 bits per heavy atom. The fourth-order valence-electron chi connectivity index (χ4n) is 4.32. The minimum Gasteiger partial charge on any atom is -0.424 e. The number of nitrogens with one attached hydrogen (secondary N) is 1. The molecule has 0 aliphatic heterocycles. The van der Waals surface area contributed by atoms with Gasteiger partial charge in [-0.05, 0) is 49.8 Å². The van der Waals surface area contributed by atoms with E-state index in [2.05, 4.69) is 20.3 Å². The molecule has 11 heteroatoms. The molecule has 1 aromatic carbocycles. The van der Waals surface area contributed by atoms with E-state index in [1.54, 1.807) is 24.3 Å². The van der Waals surface area contributed by atoms with Crippen molar-refractivity contribution in [3.8, 4) is 0 Å². The van der Waals surface area contributed by atoms with Gasteiger partial charge in [-0.1, -0.05) is 30.2 Å². The number of carbonyl (C=O) groups is 1. The molecule has 1 heterocycles. The van der Waals surface area contributed by atoms with Crippen LogP contribution >= 0.6 is 11.6 Å². The van der Waals surface area contributed by atoms with Gasteiger partial charge in [0.2, 0.25) is 17.7 Å². The normalized spacial score (nSPS) is 22.8. The van der Waals surface area contributed by atoms with E-state index in [-0.39, 0.29) is 30.6 Å². The topological polar surface area (TPSA) is 97.5 Å². The summed E-state index contributed by atoms with van der Waals surface area (Å²) in [6, 6.07) is 6.92. The second-order valence-electron chi connectivity index (χ2n) is 8.82. The molecule has 1 amide bonds. The minimum absolute atomic E-state index is 0.182. The number of aliphatic hydroxyl groups excluding tert-OH is 1. The molecule has 0 bridgehead atoms. The number of hydrogen-bond donors (Lipinski definition) is 2. The van der Waals surface area contributed by atoms with E-state index in [9.17, 15) is 23.1 Å². The van der Waals surface area contributed by atoms with E-state index < -0.39 is 24.5 Å². The highest BCUT2D eigenvalue weighted by atomic mass is 35.5. The molecule has 2 N–H and O–H groups in total. The molecule has 1 aromatic heterocycles. The highest BCUT2D eigenvalue weighted by Crippen LogP contribution is 2.47. The summed E-state index contributed by atoms with van der Waals surface area (Å²) in [6.45, 7) is 0.332. The first-order valence-electron chi connectivity index (χ1n) is 10.9. The van der Waals surface area contributed by atoms with Crippen LogP contribution in [0.5, 0.6) is 0 Å². The van der Waals surface area contributed by atoms with Crippen molar-refractivity contribution >= 4 is 17.5 Å². The summed E-state index contributed by atoms with van der Waals surface area (Å²) < 4.78 is 46.7. The third-order valence-corrected chi connectivity index (χ3v) is 6.75. The molecule has 33 heavy (non-hydrogen) atoms. The third kappa shape index (κ3) is 5.85. The second-order valence-corrected chi connectivity index (χ2v) is 9.26. The summed E-state index contributed by atoms with van der Waals surface area (Å²) in [4.78, 5) is 12.3. The standard InChI is InChI=1S/C22H25ClF3N3O4/c23-15-4-2-13(3-5-15)10-17(30)18(31)27-9-8-21(6-1-7-21)20-29-28-19(32-20)14-11-16(12-14)33-22(24,25)26/h2-5,14,16-17,30H,1,6-12H2,(H,27,31)/t14-,16+,17-/m1/s1. The van der Waals surface area contributed by atoms with Crippen LogP contribution in [0.1, 0.15) is 61.8 Å². The summed E-state index contributed by atoms with van der Waals surface area (Å²) in [7, 11) is 0. The number of rotatable bonds is 9. The maximum atomic E-state index is 12.3. The highest BCUT2D eigenvalue weighted by molar-refractivity contribution is 6.30. The largest absolute Gasteiger partial charge is 0.522 e. The van der Waals surface area contributed by atoms with E-state index in [1.807, 2.05) is 0 Å². The van der Waals surface area contributed by atoms with Crippen molar-refractivity contribution in [3.05, 3.63) is 46.6 Å². The van der Waals surface area contributed by atoms with Gasteiger partial charge in [0, 0.05) is 23.9 Å². The number of benzene rings is 1. The summed E-state index contributed by atoms with van der Waals surface area (Å²) in [5.41, 5.74) is 0.445. The van der Waals surface area contributed by atoms with E-state index in [0.29, 0.717) is 29.8 Å². The van der Waals surface area contributed by atoms with Crippen LogP contribution in [0.4, 0.5) is 13.2 Å². The molecule has 2 aliphatic rings. The molecule has 0 spiro atoms. The third-order valence-electron chi connectivity index (χ3n) is 6.50. The molecule has 180 valence electrons. The number of hydrogen-bond acceptors (Lipinski definition) is 6. The number of nitrogens with zero attached hydrogens (tertiary/aromatic N) is 2. The summed E-state index contributed by atoms with van der Waals surface area (Å²) >= 11 is 5.85. The Bertz CT molecular complexity index is 957. The van der Waals surface area contributed by atoms with Crippen molar-refractivity contribution in [2.75, 3.05) is 6.54 Å². The van der Waals surface area contributed by atoms with Gasteiger partial charge in [-0.25, -0.2) is 0 Å². The number of amides is 1. The molecule has 2 aliphatic carbocycles. The lowest BCUT2D eigenvalue weighted by molar-refractivity contribution is -0.352. The van der Waals surface area contributed by atoms with E-state index in [4.69, 9.17) is 16.0 Å². The average molecular weight is 488 g/mol. The zero-order chi connectivity index (χ0) is 23.6. The number of aliphatic hydroxyl groups is 1. The Hall–Kier alpha value is -2.17. The van der Waals surface area contributed by atoms with Crippen LogP contribution in [-0.4, -0.2) is 46.3 Å². The van der Waals surface area contributed by atoms with Gasteiger partial charge >= 0.3 is 6.36 Å². The van der Waals surface area contributed by atoms with Crippen molar-refractivity contribution in [2.24, 2.45) is 0 Å². The first-order valence-corrected chi connectivity index (χ1v) is 11.3. The lowest BCUT2D eigenvalue weighted by atomic mass is 9.66. The zero-order valence-corrected chi connectivity index (χ0v) is 18.5. The van der Waals surface area contributed by atoms with Gasteiger partial charge < -0.3 is 14.8 Å². The summed E-state index contributed by atoms with van der Waals surface area (Å²) in [5, 5.41) is 21.7. The summed E-state index contributed by atoms with van der Waals surface area (Å²) in [6.07, 6.45) is -2.94. The van der Waals surface area contributed by atoms with Crippen molar-refractivity contribution in [1.82, 2.24) is 15.5 Å². The molecule has 2 aromatic rings. The van der Waals surface area contributed by atoms with Crippen LogP contribution < -0.4 is 5.32 Å². The Morgan fingerprint density at radius 1 is 1.27 bits per heavy atom. The zero-order valence-electron chi connectivity index (χ0n) is 17.8. The van der Waals surface area contributed by atoms with Crippen LogP contribution in [0.25, 0.3) is 0 Å². The van der Waals surface area contributed by atoms with E-state index in [1.165, 1.54) is 0 Å². The van der Waals surface area contributed by atoms with Gasteiger partial charge in [-0.2, -0.15) is 0 Å². The second kappa shape index (κ2) is 9.60. The molecular formula is C22H25ClF3N3O4.